The number of hydrogen-bond donors (Lipinski definition) is 1. The Labute approximate surface area is 313 Å². The fourth-order valence-electron chi connectivity index (χ4n) is 5.86. The summed E-state index contributed by atoms with van der Waals surface area (Å²) in [5.74, 6) is 1.09. The SMILES string of the molecule is Cc1ccc2nc(-c3ncc(-c4ccccc4)o3)c(O)c(=O)n2c1.Cc1ccc2nc(-c3ncc(-c4ccccc4)o3)c(OCc3ccccc3)c(=O)n2c1. The fraction of sp³-hybridized carbons (Fsp3) is 0.0698. The molecule has 55 heavy (non-hydrogen) atoms. The number of aryl methyl sites for hydroxylation is 2. The van der Waals surface area contributed by atoms with Crippen LogP contribution in [0, 0.1) is 13.8 Å². The zero-order chi connectivity index (χ0) is 37.9. The van der Waals surface area contributed by atoms with Gasteiger partial charge in [0.05, 0.1) is 12.4 Å². The van der Waals surface area contributed by atoms with Crippen LogP contribution in [0.25, 0.3) is 57.1 Å². The largest absolute Gasteiger partial charge is 0.501 e. The highest BCUT2D eigenvalue weighted by Crippen LogP contribution is 2.31. The van der Waals surface area contributed by atoms with E-state index in [1.54, 1.807) is 36.9 Å². The molecule has 0 unspecified atom stereocenters. The average molecular weight is 729 g/mol. The second kappa shape index (κ2) is 14.8. The fourth-order valence-corrected chi connectivity index (χ4v) is 5.86. The number of aromatic hydroxyl groups is 1. The Morgan fingerprint density at radius 1 is 0.600 bits per heavy atom. The van der Waals surface area contributed by atoms with Gasteiger partial charge in [-0.3, -0.25) is 18.4 Å². The van der Waals surface area contributed by atoms with Crippen molar-refractivity contribution in [3.05, 3.63) is 177 Å². The molecular formula is C43H32N6O6. The lowest BCUT2D eigenvalue weighted by atomic mass is 10.2. The number of rotatable bonds is 7. The van der Waals surface area contributed by atoms with Crippen molar-refractivity contribution in [2.24, 2.45) is 0 Å². The van der Waals surface area contributed by atoms with Gasteiger partial charge in [-0.2, -0.15) is 0 Å². The molecular weight excluding hydrogens is 697 g/mol. The van der Waals surface area contributed by atoms with Gasteiger partial charge in [-0.1, -0.05) is 103 Å². The molecule has 0 fully saturated rings. The molecule has 12 heteroatoms. The van der Waals surface area contributed by atoms with Crippen LogP contribution in [0.4, 0.5) is 0 Å². The third-order valence-corrected chi connectivity index (χ3v) is 8.64. The van der Waals surface area contributed by atoms with Gasteiger partial charge in [0.25, 0.3) is 0 Å². The summed E-state index contributed by atoms with van der Waals surface area (Å²) in [5.41, 5.74) is 4.89. The second-order valence-electron chi connectivity index (χ2n) is 12.6. The van der Waals surface area contributed by atoms with E-state index in [1.165, 1.54) is 8.80 Å². The Kier molecular flexibility index (Phi) is 9.28. The monoisotopic (exact) mass is 728 g/mol. The van der Waals surface area contributed by atoms with Crippen LogP contribution in [0.15, 0.2) is 158 Å². The van der Waals surface area contributed by atoms with Crippen molar-refractivity contribution in [1.82, 2.24) is 28.7 Å². The van der Waals surface area contributed by atoms with E-state index in [0.29, 0.717) is 22.8 Å². The van der Waals surface area contributed by atoms with Crippen LogP contribution in [-0.2, 0) is 6.61 Å². The first-order valence-corrected chi connectivity index (χ1v) is 17.3. The summed E-state index contributed by atoms with van der Waals surface area (Å²) >= 11 is 0. The highest BCUT2D eigenvalue weighted by molar-refractivity contribution is 5.66. The molecule has 3 aromatic carbocycles. The Morgan fingerprint density at radius 3 is 1.62 bits per heavy atom. The van der Waals surface area contributed by atoms with Gasteiger partial charge in [0.2, 0.25) is 23.3 Å². The van der Waals surface area contributed by atoms with E-state index < -0.39 is 11.3 Å². The zero-order valence-corrected chi connectivity index (χ0v) is 29.7. The normalized spacial score (nSPS) is 11.0. The maximum atomic E-state index is 13.3. The van der Waals surface area contributed by atoms with Crippen LogP contribution in [0.1, 0.15) is 16.7 Å². The van der Waals surface area contributed by atoms with Crippen molar-refractivity contribution in [2.75, 3.05) is 0 Å². The zero-order valence-electron chi connectivity index (χ0n) is 29.7. The predicted octanol–water partition coefficient (Wildman–Crippen LogP) is 7.93. The first kappa shape index (κ1) is 34.5. The summed E-state index contributed by atoms with van der Waals surface area (Å²) < 4.78 is 20.4. The molecule has 0 aliphatic carbocycles. The van der Waals surface area contributed by atoms with Gasteiger partial charge in [-0.15, -0.1) is 0 Å². The second-order valence-corrected chi connectivity index (χ2v) is 12.6. The van der Waals surface area contributed by atoms with Crippen LogP contribution in [0.2, 0.25) is 0 Å². The Morgan fingerprint density at radius 2 is 1.07 bits per heavy atom. The van der Waals surface area contributed by atoms with Crippen molar-refractivity contribution in [1.29, 1.82) is 0 Å². The van der Waals surface area contributed by atoms with E-state index in [4.69, 9.17) is 13.6 Å². The van der Waals surface area contributed by atoms with Gasteiger partial charge >= 0.3 is 11.1 Å². The molecule has 0 saturated heterocycles. The van der Waals surface area contributed by atoms with Gasteiger partial charge in [0, 0.05) is 23.5 Å². The van der Waals surface area contributed by atoms with Crippen LogP contribution < -0.4 is 15.9 Å². The van der Waals surface area contributed by atoms with Gasteiger partial charge in [0.1, 0.15) is 17.9 Å². The highest BCUT2D eigenvalue weighted by atomic mass is 16.5. The predicted molar refractivity (Wildman–Crippen MR) is 207 cm³/mol. The lowest BCUT2D eigenvalue weighted by Crippen LogP contribution is -2.19. The van der Waals surface area contributed by atoms with Crippen LogP contribution in [-0.4, -0.2) is 33.8 Å². The molecule has 0 bridgehead atoms. The van der Waals surface area contributed by atoms with Crippen LogP contribution in [0.5, 0.6) is 11.5 Å². The minimum absolute atomic E-state index is 0.0334. The van der Waals surface area contributed by atoms with Crippen molar-refractivity contribution >= 4 is 11.3 Å². The molecule has 0 amide bonds. The number of benzene rings is 3. The third kappa shape index (κ3) is 7.11. The molecule has 0 aliphatic rings. The Balaban J connectivity index is 0.000000160. The molecule has 0 spiro atoms. The molecule has 0 saturated carbocycles. The summed E-state index contributed by atoms with van der Waals surface area (Å²) in [6, 6.07) is 36.0. The standard InChI is InChI=1S/C25H19N3O3.C18H13N3O3/c1-17-12-13-21-27-22(24-26-14-20(31-24)19-10-6-3-7-11-19)23(25(29)28(21)15-17)30-16-18-8-4-2-5-9-18;1-11-7-8-14-20-15(16(22)18(23)21(14)10-11)17-19-9-13(24-17)12-5-3-2-4-6-12/h2-15H,16H2,1H3;2-10,22H,1H3. The molecule has 270 valence electrons. The number of hydrogen-bond acceptors (Lipinski definition) is 10. The van der Waals surface area contributed by atoms with E-state index >= 15 is 0 Å². The topological polar surface area (TPSA) is 150 Å². The average Bonchev–Trinajstić information content (AvgIpc) is 3.92. The molecule has 0 atom stereocenters. The number of ether oxygens (including phenoxy) is 1. The lowest BCUT2D eigenvalue weighted by molar-refractivity contribution is 0.300. The number of oxazole rings is 2. The maximum absolute atomic E-state index is 13.3. The Hall–Kier alpha value is -7.60. The molecule has 9 aromatic rings. The molecule has 0 aliphatic heterocycles. The Bertz CT molecular complexity index is 2900. The number of nitrogens with zero attached hydrogens (tertiary/aromatic N) is 6. The molecule has 6 heterocycles. The third-order valence-electron chi connectivity index (χ3n) is 8.64. The minimum atomic E-state index is -0.557. The van der Waals surface area contributed by atoms with Gasteiger partial charge < -0.3 is 18.7 Å². The van der Waals surface area contributed by atoms with E-state index in [-0.39, 0.29) is 41.1 Å². The number of fused-ring (bicyclic) bond motifs is 2. The molecule has 9 rings (SSSR count). The molecule has 6 aromatic heterocycles. The van der Waals surface area contributed by atoms with Crippen molar-refractivity contribution in [2.45, 2.75) is 20.5 Å². The number of aromatic nitrogens is 6. The van der Waals surface area contributed by atoms with Crippen LogP contribution >= 0.6 is 0 Å². The van der Waals surface area contributed by atoms with Crippen LogP contribution in [0.3, 0.4) is 0 Å². The highest BCUT2D eigenvalue weighted by Gasteiger charge is 2.22. The van der Waals surface area contributed by atoms with E-state index in [1.807, 2.05) is 117 Å². The lowest BCUT2D eigenvalue weighted by Gasteiger charge is -2.11. The summed E-state index contributed by atoms with van der Waals surface area (Å²) in [6.45, 7) is 4.01. The summed E-state index contributed by atoms with van der Waals surface area (Å²) in [7, 11) is 0. The quantitative estimate of drug-likeness (QED) is 0.171. The van der Waals surface area contributed by atoms with E-state index in [9.17, 15) is 14.7 Å². The summed E-state index contributed by atoms with van der Waals surface area (Å²) in [4.78, 5) is 43.2. The van der Waals surface area contributed by atoms with Gasteiger partial charge in [-0.25, -0.2) is 19.9 Å². The van der Waals surface area contributed by atoms with Crippen molar-refractivity contribution < 1.29 is 18.7 Å². The maximum Gasteiger partial charge on any atom is 0.301 e. The number of pyridine rings is 2. The molecule has 0 radical (unpaired) electrons. The van der Waals surface area contributed by atoms with E-state index in [0.717, 1.165) is 27.8 Å². The first-order valence-electron chi connectivity index (χ1n) is 17.3. The van der Waals surface area contributed by atoms with Gasteiger partial charge in [0.15, 0.2) is 22.9 Å². The molecule has 1 N–H and O–H groups in total. The van der Waals surface area contributed by atoms with Crippen molar-refractivity contribution in [3.63, 3.8) is 0 Å². The van der Waals surface area contributed by atoms with E-state index in [2.05, 4.69) is 19.9 Å². The smallest absolute Gasteiger partial charge is 0.301 e. The van der Waals surface area contributed by atoms with Crippen molar-refractivity contribution in [3.8, 4) is 57.3 Å². The summed E-state index contributed by atoms with van der Waals surface area (Å²) in [5, 5.41) is 10.2. The first-order chi connectivity index (χ1) is 26.8. The summed E-state index contributed by atoms with van der Waals surface area (Å²) in [6.07, 6.45) is 6.54. The molecule has 12 nitrogen and oxygen atoms in total. The van der Waals surface area contributed by atoms with Gasteiger partial charge in [-0.05, 0) is 42.7 Å². The minimum Gasteiger partial charge on any atom is -0.501 e.